The Bertz CT molecular complexity index is 1190. The third-order valence-corrected chi connectivity index (χ3v) is 6.52. The number of pyridine rings is 1. The maximum atomic E-state index is 14.8. The van der Waals surface area contributed by atoms with Gasteiger partial charge in [-0.2, -0.15) is 0 Å². The van der Waals surface area contributed by atoms with Crippen molar-refractivity contribution in [2.45, 2.75) is 58.7 Å². The predicted molar refractivity (Wildman–Crippen MR) is 120 cm³/mol. The monoisotopic (exact) mass is 434 g/mol. The van der Waals surface area contributed by atoms with Gasteiger partial charge < -0.3 is 9.88 Å². The van der Waals surface area contributed by atoms with Crippen molar-refractivity contribution < 1.29 is 9.18 Å². The molecule has 3 aromatic rings. The molecule has 2 aromatic heterocycles. The van der Waals surface area contributed by atoms with Crippen molar-refractivity contribution in [1.82, 2.24) is 24.6 Å². The highest BCUT2D eigenvalue weighted by Crippen LogP contribution is 2.30. The second kappa shape index (κ2) is 8.09. The molecule has 1 atom stereocenters. The summed E-state index contributed by atoms with van der Waals surface area (Å²) in [5.74, 6) is 0.998. The molecule has 1 aromatic carbocycles. The van der Waals surface area contributed by atoms with Gasteiger partial charge >= 0.3 is 0 Å². The quantitative estimate of drug-likeness (QED) is 0.672. The lowest BCUT2D eigenvalue weighted by atomic mass is 9.96. The van der Waals surface area contributed by atoms with Crippen LogP contribution in [0, 0.1) is 5.82 Å². The van der Waals surface area contributed by atoms with E-state index >= 15 is 0 Å². The van der Waals surface area contributed by atoms with E-state index in [4.69, 9.17) is 0 Å². The highest BCUT2D eigenvalue weighted by atomic mass is 19.1. The zero-order valence-electron chi connectivity index (χ0n) is 18.6. The standard InChI is InChI=1S/C24H27FN6O/c1-14(2)30-10-9-16-12-19(25)18(11-17(16)13-30)24(32)27-21-6-4-5-20(26-21)23-29-28-22-8-7-15(3)31(22)23/h4-6,11-12,14-15H,7-10,13H2,1-3H3,(H,26,27,32)/t15-/m0/s1. The van der Waals surface area contributed by atoms with Crippen molar-refractivity contribution in [3.63, 3.8) is 0 Å². The zero-order chi connectivity index (χ0) is 22.4. The topological polar surface area (TPSA) is 75.9 Å². The molecule has 1 N–H and O–H groups in total. The van der Waals surface area contributed by atoms with Gasteiger partial charge in [0.1, 0.15) is 23.2 Å². The van der Waals surface area contributed by atoms with E-state index in [1.807, 2.05) is 12.1 Å². The molecular weight excluding hydrogens is 407 g/mol. The first kappa shape index (κ1) is 20.8. The Morgan fingerprint density at radius 2 is 2.03 bits per heavy atom. The van der Waals surface area contributed by atoms with Crippen LogP contribution in [0.25, 0.3) is 11.5 Å². The molecule has 0 aliphatic carbocycles. The summed E-state index contributed by atoms with van der Waals surface area (Å²) in [6.45, 7) is 8.04. The molecule has 0 saturated heterocycles. The number of rotatable bonds is 4. The molecule has 0 bridgehead atoms. The summed E-state index contributed by atoms with van der Waals surface area (Å²) >= 11 is 0. The average molecular weight is 435 g/mol. The lowest BCUT2D eigenvalue weighted by Gasteiger charge is -2.32. The molecule has 0 spiro atoms. The summed E-state index contributed by atoms with van der Waals surface area (Å²) in [6, 6.07) is 9.26. The minimum atomic E-state index is -0.503. The van der Waals surface area contributed by atoms with Crippen molar-refractivity contribution in [2.24, 2.45) is 0 Å². The van der Waals surface area contributed by atoms with Crippen LogP contribution in [-0.4, -0.2) is 43.1 Å². The van der Waals surface area contributed by atoms with Gasteiger partial charge in [-0.05, 0) is 69.0 Å². The molecule has 0 fully saturated rings. The van der Waals surface area contributed by atoms with Crippen molar-refractivity contribution in [1.29, 1.82) is 0 Å². The van der Waals surface area contributed by atoms with Crippen LogP contribution in [0.5, 0.6) is 0 Å². The van der Waals surface area contributed by atoms with Gasteiger partial charge in [0.15, 0.2) is 5.82 Å². The van der Waals surface area contributed by atoms with E-state index in [0.717, 1.165) is 49.3 Å². The highest BCUT2D eigenvalue weighted by molar-refractivity contribution is 6.04. The summed E-state index contributed by atoms with van der Waals surface area (Å²) in [5.41, 5.74) is 2.66. The Balaban J connectivity index is 1.40. The van der Waals surface area contributed by atoms with Gasteiger partial charge in [0.2, 0.25) is 0 Å². The first-order valence-electron chi connectivity index (χ1n) is 11.2. The summed E-state index contributed by atoms with van der Waals surface area (Å²) in [7, 11) is 0. The van der Waals surface area contributed by atoms with E-state index in [9.17, 15) is 9.18 Å². The van der Waals surface area contributed by atoms with Crippen molar-refractivity contribution in [3.05, 3.63) is 58.7 Å². The maximum Gasteiger partial charge on any atom is 0.259 e. The van der Waals surface area contributed by atoms with Crippen LogP contribution in [0.1, 0.15) is 60.5 Å². The van der Waals surface area contributed by atoms with Crippen LogP contribution in [0.15, 0.2) is 30.3 Å². The predicted octanol–water partition coefficient (Wildman–Crippen LogP) is 4.01. The Hall–Kier alpha value is -3.13. The van der Waals surface area contributed by atoms with Crippen LogP contribution in [0.3, 0.4) is 0 Å². The minimum absolute atomic E-state index is 0.0403. The number of amides is 1. The Morgan fingerprint density at radius 3 is 2.84 bits per heavy atom. The van der Waals surface area contributed by atoms with Crippen LogP contribution < -0.4 is 5.32 Å². The molecule has 32 heavy (non-hydrogen) atoms. The van der Waals surface area contributed by atoms with E-state index in [1.165, 1.54) is 6.07 Å². The first-order chi connectivity index (χ1) is 15.4. The van der Waals surface area contributed by atoms with Crippen molar-refractivity contribution >= 4 is 11.7 Å². The molecule has 2 aliphatic rings. The van der Waals surface area contributed by atoms with Crippen molar-refractivity contribution in [3.8, 4) is 11.5 Å². The number of carbonyl (C=O) groups is 1. The summed E-state index contributed by atoms with van der Waals surface area (Å²) in [4.78, 5) is 19.8. The molecule has 7 nitrogen and oxygen atoms in total. The lowest BCUT2D eigenvalue weighted by Crippen LogP contribution is -2.36. The molecular formula is C24H27FN6O. The fourth-order valence-electron chi connectivity index (χ4n) is 4.63. The Labute approximate surface area is 186 Å². The van der Waals surface area contributed by atoms with Gasteiger partial charge in [-0.3, -0.25) is 9.69 Å². The fraction of sp³-hybridized carbons (Fsp3) is 0.417. The van der Waals surface area contributed by atoms with Crippen LogP contribution >= 0.6 is 0 Å². The van der Waals surface area contributed by atoms with Crippen LogP contribution in [-0.2, 0) is 19.4 Å². The number of hydrogen-bond acceptors (Lipinski definition) is 5. The number of carbonyl (C=O) groups excluding carboxylic acids is 1. The number of aryl methyl sites for hydroxylation is 1. The van der Waals surface area contributed by atoms with Gasteiger partial charge in [-0.25, -0.2) is 9.37 Å². The second-order valence-electron chi connectivity index (χ2n) is 8.97. The number of nitrogens with zero attached hydrogens (tertiary/aromatic N) is 5. The Kier molecular flexibility index (Phi) is 5.25. The Morgan fingerprint density at radius 1 is 1.19 bits per heavy atom. The SMILES string of the molecule is CC(C)N1CCc2cc(F)c(C(=O)Nc3cccc(-c4nnc5n4[C@@H](C)CC5)n3)cc2C1. The van der Waals surface area contributed by atoms with Gasteiger partial charge in [-0.15, -0.1) is 10.2 Å². The van der Waals surface area contributed by atoms with E-state index in [-0.39, 0.29) is 5.56 Å². The molecule has 8 heteroatoms. The normalized spacial score (nSPS) is 18.0. The molecule has 0 unspecified atom stereocenters. The number of aromatic nitrogens is 4. The fourth-order valence-corrected chi connectivity index (χ4v) is 4.63. The molecule has 0 saturated carbocycles. The summed E-state index contributed by atoms with van der Waals surface area (Å²) < 4.78 is 16.9. The zero-order valence-corrected chi connectivity index (χ0v) is 18.6. The number of hydrogen-bond donors (Lipinski definition) is 1. The number of benzene rings is 1. The molecule has 4 heterocycles. The highest BCUT2D eigenvalue weighted by Gasteiger charge is 2.26. The number of halogens is 1. The molecule has 2 aliphatic heterocycles. The molecule has 5 rings (SSSR count). The first-order valence-corrected chi connectivity index (χ1v) is 11.2. The van der Waals surface area contributed by atoms with Crippen LogP contribution in [0.2, 0.25) is 0 Å². The van der Waals surface area contributed by atoms with Gasteiger partial charge in [0.05, 0.1) is 5.56 Å². The molecule has 0 radical (unpaired) electrons. The van der Waals surface area contributed by atoms with E-state index in [1.54, 1.807) is 12.1 Å². The smallest absolute Gasteiger partial charge is 0.259 e. The summed E-state index contributed by atoms with van der Waals surface area (Å²) in [5, 5.41) is 11.3. The van der Waals surface area contributed by atoms with Crippen LogP contribution in [0.4, 0.5) is 10.2 Å². The van der Waals surface area contributed by atoms with E-state index in [2.05, 4.69) is 50.7 Å². The molecule has 166 valence electrons. The van der Waals surface area contributed by atoms with Gasteiger partial charge in [-0.1, -0.05) is 6.07 Å². The second-order valence-corrected chi connectivity index (χ2v) is 8.97. The van der Waals surface area contributed by atoms with E-state index < -0.39 is 11.7 Å². The number of nitrogens with one attached hydrogen (secondary N) is 1. The van der Waals surface area contributed by atoms with E-state index in [0.29, 0.717) is 29.4 Å². The lowest BCUT2D eigenvalue weighted by molar-refractivity contribution is 0.102. The van der Waals surface area contributed by atoms with Gasteiger partial charge in [0.25, 0.3) is 5.91 Å². The summed E-state index contributed by atoms with van der Waals surface area (Å²) in [6.07, 6.45) is 2.72. The third kappa shape index (κ3) is 3.68. The molecule has 1 amide bonds. The average Bonchev–Trinajstić information content (AvgIpc) is 3.36. The maximum absolute atomic E-state index is 14.8. The minimum Gasteiger partial charge on any atom is -0.307 e. The largest absolute Gasteiger partial charge is 0.307 e. The van der Waals surface area contributed by atoms with Gasteiger partial charge in [0, 0.05) is 31.6 Å². The number of anilines is 1. The number of fused-ring (bicyclic) bond motifs is 2. The third-order valence-electron chi connectivity index (χ3n) is 6.52. The van der Waals surface area contributed by atoms with Crippen molar-refractivity contribution in [2.75, 3.05) is 11.9 Å².